The Morgan fingerprint density at radius 1 is 1.29 bits per heavy atom. The number of Topliss-reactive ketones (excluding diaryl/α,β-unsaturated/α-hetero) is 1. The van der Waals surface area contributed by atoms with Gasteiger partial charge in [0, 0.05) is 13.0 Å². The van der Waals surface area contributed by atoms with Crippen LogP contribution in [0.1, 0.15) is 17.5 Å². The van der Waals surface area contributed by atoms with Gasteiger partial charge in [0.25, 0.3) is 0 Å². The van der Waals surface area contributed by atoms with Crippen LogP contribution in [0.2, 0.25) is 0 Å². The van der Waals surface area contributed by atoms with Gasteiger partial charge in [-0.05, 0) is 25.0 Å². The number of aryl methyl sites for hydroxylation is 2. The molecule has 1 heterocycles. The first-order chi connectivity index (χ1) is 8.08. The first kappa shape index (κ1) is 11.6. The van der Waals surface area contributed by atoms with Crippen molar-refractivity contribution in [3.63, 3.8) is 0 Å². The summed E-state index contributed by atoms with van der Waals surface area (Å²) in [5.74, 6) is 0.681. The van der Waals surface area contributed by atoms with Crippen molar-refractivity contribution < 1.29 is 14.3 Å². The molecule has 0 saturated carbocycles. The van der Waals surface area contributed by atoms with E-state index in [1.54, 1.807) is 0 Å². The summed E-state index contributed by atoms with van der Waals surface area (Å²) in [7, 11) is 0. The maximum atomic E-state index is 11.8. The average molecular weight is 233 g/mol. The van der Waals surface area contributed by atoms with Crippen molar-refractivity contribution in [1.29, 1.82) is 0 Å². The van der Waals surface area contributed by atoms with E-state index < -0.39 is 6.09 Å². The summed E-state index contributed by atoms with van der Waals surface area (Å²) in [5.41, 5.74) is 1.84. The zero-order chi connectivity index (χ0) is 12.4. The van der Waals surface area contributed by atoms with Crippen molar-refractivity contribution in [3.8, 4) is 5.75 Å². The van der Waals surface area contributed by atoms with Gasteiger partial charge in [-0.15, -0.1) is 0 Å². The van der Waals surface area contributed by atoms with Gasteiger partial charge < -0.3 is 9.64 Å². The van der Waals surface area contributed by atoms with E-state index >= 15 is 0 Å². The number of nitrogens with zero attached hydrogens (tertiary/aromatic N) is 1. The number of hydrogen-bond donors (Lipinski definition) is 0. The number of carbonyl (C=O) groups is 2. The smallest absolute Gasteiger partial charge is 0.410 e. The van der Waals surface area contributed by atoms with Crippen LogP contribution in [-0.4, -0.2) is 29.9 Å². The highest BCUT2D eigenvalue weighted by molar-refractivity contribution is 5.87. The predicted molar refractivity (Wildman–Crippen MR) is 63.1 cm³/mol. The minimum absolute atomic E-state index is 0.0865. The fraction of sp³-hybridized carbons (Fsp3) is 0.385. The van der Waals surface area contributed by atoms with Gasteiger partial charge in [-0.1, -0.05) is 18.2 Å². The molecule has 1 aromatic carbocycles. The Morgan fingerprint density at radius 3 is 2.47 bits per heavy atom. The fourth-order valence-electron chi connectivity index (χ4n) is 1.90. The molecule has 1 amide bonds. The minimum atomic E-state index is -0.437. The lowest BCUT2D eigenvalue weighted by Crippen LogP contribution is -2.31. The Kier molecular flexibility index (Phi) is 3.13. The largest absolute Gasteiger partial charge is 0.415 e. The number of benzene rings is 1. The second-order valence-corrected chi connectivity index (χ2v) is 4.30. The normalized spacial score (nSPS) is 15.2. The third kappa shape index (κ3) is 2.46. The topological polar surface area (TPSA) is 46.6 Å². The second kappa shape index (κ2) is 4.57. The molecule has 1 aliphatic rings. The third-order valence-corrected chi connectivity index (χ3v) is 2.88. The summed E-state index contributed by atoms with van der Waals surface area (Å²) in [6.07, 6.45) is -0.00441. The van der Waals surface area contributed by atoms with Crippen LogP contribution in [0.25, 0.3) is 0 Å². The van der Waals surface area contributed by atoms with Gasteiger partial charge in [-0.2, -0.15) is 0 Å². The van der Waals surface area contributed by atoms with Crippen LogP contribution in [0, 0.1) is 13.8 Å². The van der Waals surface area contributed by atoms with E-state index in [1.807, 2.05) is 32.0 Å². The monoisotopic (exact) mass is 233 g/mol. The molecule has 0 aliphatic carbocycles. The second-order valence-electron chi connectivity index (χ2n) is 4.30. The van der Waals surface area contributed by atoms with E-state index in [4.69, 9.17) is 4.74 Å². The number of ether oxygens (including phenoxy) is 1. The van der Waals surface area contributed by atoms with Crippen LogP contribution in [0.15, 0.2) is 18.2 Å². The molecule has 0 N–H and O–H groups in total. The number of carbonyl (C=O) groups excluding carboxylic acids is 2. The average Bonchev–Trinajstić information content (AvgIpc) is 2.70. The zero-order valence-electron chi connectivity index (χ0n) is 10.0. The van der Waals surface area contributed by atoms with E-state index in [9.17, 15) is 9.59 Å². The molecular formula is C13H15NO3. The molecule has 1 aliphatic heterocycles. The lowest BCUT2D eigenvalue weighted by Gasteiger charge is -2.16. The summed E-state index contributed by atoms with van der Waals surface area (Å²) in [6.45, 7) is 4.42. The molecule has 1 saturated heterocycles. The van der Waals surface area contributed by atoms with Crippen LogP contribution in [0.3, 0.4) is 0 Å². The van der Waals surface area contributed by atoms with Crippen molar-refractivity contribution in [2.45, 2.75) is 20.3 Å². The molecular weight excluding hydrogens is 218 g/mol. The number of hydrogen-bond acceptors (Lipinski definition) is 3. The molecule has 1 aromatic rings. The standard InChI is InChI=1S/C13H15NO3/c1-9-4-3-5-10(2)12(9)17-13(16)14-7-6-11(15)8-14/h3-5H,6-8H2,1-2H3. The highest BCUT2D eigenvalue weighted by Crippen LogP contribution is 2.23. The van der Waals surface area contributed by atoms with E-state index in [-0.39, 0.29) is 12.3 Å². The van der Waals surface area contributed by atoms with Crippen molar-refractivity contribution >= 4 is 11.9 Å². The molecule has 0 unspecified atom stereocenters. The van der Waals surface area contributed by atoms with Crippen LogP contribution in [-0.2, 0) is 4.79 Å². The van der Waals surface area contributed by atoms with E-state index in [1.165, 1.54) is 4.90 Å². The van der Waals surface area contributed by atoms with Gasteiger partial charge in [0.1, 0.15) is 5.75 Å². The van der Waals surface area contributed by atoms with E-state index in [0.717, 1.165) is 11.1 Å². The molecule has 0 atom stereocenters. The number of amides is 1. The molecule has 4 nitrogen and oxygen atoms in total. The van der Waals surface area contributed by atoms with Crippen molar-refractivity contribution in [2.75, 3.05) is 13.1 Å². The predicted octanol–water partition coefficient (Wildman–Crippen LogP) is 2.08. The molecule has 1 fully saturated rings. The molecule has 4 heteroatoms. The third-order valence-electron chi connectivity index (χ3n) is 2.88. The molecule has 17 heavy (non-hydrogen) atoms. The number of likely N-dealkylation sites (tertiary alicyclic amines) is 1. The van der Waals surface area contributed by atoms with Crippen LogP contribution < -0.4 is 4.74 Å². The Bertz CT molecular complexity index is 447. The summed E-state index contributed by atoms with van der Waals surface area (Å²) in [4.78, 5) is 24.3. The van der Waals surface area contributed by atoms with Crippen molar-refractivity contribution in [2.24, 2.45) is 0 Å². The maximum Gasteiger partial charge on any atom is 0.415 e. The lowest BCUT2D eigenvalue weighted by atomic mass is 10.1. The first-order valence-corrected chi connectivity index (χ1v) is 5.62. The van der Waals surface area contributed by atoms with Gasteiger partial charge in [0.2, 0.25) is 0 Å². The minimum Gasteiger partial charge on any atom is -0.410 e. The first-order valence-electron chi connectivity index (χ1n) is 5.62. The van der Waals surface area contributed by atoms with Gasteiger partial charge in [0.05, 0.1) is 6.54 Å². The highest BCUT2D eigenvalue weighted by atomic mass is 16.6. The molecule has 2 rings (SSSR count). The van der Waals surface area contributed by atoms with E-state index in [2.05, 4.69) is 0 Å². The van der Waals surface area contributed by atoms with E-state index in [0.29, 0.717) is 18.7 Å². The molecule has 0 aromatic heterocycles. The maximum absolute atomic E-state index is 11.8. The fourth-order valence-corrected chi connectivity index (χ4v) is 1.90. The van der Waals surface area contributed by atoms with Crippen molar-refractivity contribution in [3.05, 3.63) is 29.3 Å². The number of ketones is 1. The number of para-hydroxylation sites is 1. The number of rotatable bonds is 1. The molecule has 0 spiro atoms. The summed E-state index contributed by atoms with van der Waals surface area (Å²) in [5, 5.41) is 0. The van der Waals surface area contributed by atoms with Gasteiger partial charge in [0.15, 0.2) is 5.78 Å². The quantitative estimate of drug-likeness (QED) is 0.746. The highest BCUT2D eigenvalue weighted by Gasteiger charge is 2.26. The summed E-state index contributed by atoms with van der Waals surface area (Å²) in [6, 6.07) is 5.71. The van der Waals surface area contributed by atoms with Gasteiger partial charge in [-0.3, -0.25) is 4.79 Å². The van der Waals surface area contributed by atoms with Gasteiger partial charge >= 0.3 is 6.09 Å². The van der Waals surface area contributed by atoms with Crippen LogP contribution in [0.5, 0.6) is 5.75 Å². The Balaban J connectivity index is 2.11. The van der Waals surface area contributed by atoms with Crippen molar-refractivity contribution in [1.82, 2.24) is 4.90 Å². The SMILES string of the molecule is Cc1cccc(C)c1OC(=O)N1CCC(=O)C1. The zero-order valence-corrected chi connectivity index (χ0v) is 10.0. The lowest BCUT2D eigenvalue weighted by molar-refractivity contribution is -0.116. The van der Waals surface area contributed by atoms with Gasteiger partial charge in [-0.25, -0.2) is 4.79 Å². The Hall–Kier alpha value is -1.84. The molecule has 90 valence electrons. The molecule has 0 radical (unpaired) electrons. The summed E-state index contributed by atoms with van der Waals surface area (Å²) >= 11 is 0. The summed E-state index contributed by atoms with van der Waals surface area (Å²) < 4.78 is 5.34. The van der Waals surface area contributed by atoms with Crippen LogP contribution in [0.4, 0.5) is 4.79 Å². The van der Waals surface area contributed by atoms with Crippen LogP contribution >= 0.6 is 0 Å². The molecule has 0 bridgehead atoms. The Labute approximate surface area is 100 Å². The Morgan fingerprint density at radius 2 is 1.94 bits per heavy atom.